The van der Waals surface area contributed by atoms with Crippen molar-refractivity contribution >= 4 is 27.8 Å². The van der Waals surface area contributed by atoms with Gasteiger partial charge in [0.05, 0.1) is 11.0 Å². The molecule has 0 aliphatic carbocycles. The summed E-state index contributed by atoms with van der Waals surface area (Å²) < 4.78 is 13.2. The van der Waals surface area contributed by atoms with Gasteiger partial charge in [-0.05, 0) is 48.0 Å². The molecule has 1 amide bonds. The lowest BCUT2D eigenvalue weighted by molar-refractivity contribution is -0.146. The number of amides is 1. The molecule has 0 fully saturated rings. The van der Waals surface area contributed by atoms with Gasteiger partial charge in [-0.1, -0.05) is 0 Å². The Kier molecular flexibility index (Phi) is 4.45. The molecule has 0 saturated heterocycles. The molecule has 4 nitrogen and oxygen atoms in total. The summed E-state index contributed by atoms with van der Waals surface area (Å²) in [5, 5.41) is 11.4. The van der Waals surface area contributed by atoms with Crippen molar-refractivity contribution < 1.29 is 19.1 Å². The van der Waals surface area contributed by atoms with Crippen LogP contribution in [0, 0.1) is 11.2 Å². The number of rotatable bonds is 4. The molecule has 18 heavy (non-hydrogen) atoms. The van der Waals surface area contributed by atoms with Gasteiger partial charge in [0.15, 0.2) is 0 Å². The fourth-order valence-corrected chi connectivity index (χ4v) is 1.68. The second kappa shape index (κ2) is 5.48. The number of halogens is 2. The van der Waals surface area contributed by atoms with Crippen LogP contribution in [0.5, 0.6) is 0 Å². The van der Waals surface area contributed by atoms with E-state index in [0.29, 0.717) is 4.47 Å². The van der Waals surface area contributed by atoms with Gasteiger partial charge in [-0.25, -0.2) is 4.39 Å². The molecule has 0 saturated carbocycles. The molecule has 2 N–H and O–H groups in total. The van der Waals surface area contributed by atoms with E-state index in [9.17, 15) is 14.0 Å². The Morgan fingerprint density at radius 1 is 1.44 bits per heavy atom. The Hall–Kier alpha value is -1.43. The smallest absolute Gasteiger partial charge is 0.310 e. The Morgan fingerprint density at radius 2 is 2.06 bits per heavy atom. The summed E-state index contributed by atoms with van der Waals surface area (Å²) in [5.74, 6) is -1.90. The minimum absolute atomic E-state index is 0.00895. The number of aliphatic carboxylic acids is 1. The number of hydrogen-bond acceptors (Lipinski definition) is 2. The zero-order valence-corrected chi connectivity index (χ0v) is 11.5. The summed E-state index contributed by atoms with van der Waals surface area (Å²) >= 11 is 3.08. The van der Waals surface area contributed by atoms with E-state index in [1.807, 2.05) is 0 Å². The molecule has 1 rings (SSSR count). The molecule has 1 aromatic carbocycles. The fourth-order valence-electron chi connectivity index (χ4n) is 1.15. The van der Waals surface area contributed by atoms with Crippen LogP contribution in [-0.2, 0) is 4.79 Å². The molecular weight excluding hydrogens is 305 g/mol. The number of hydrogen-bond donors (Lipinski definition) is 2. The standard InChI is InChI=1S/C12H13BrFNO3/c1-12(2,11(17)18)6-15-10(16)8-4-3-7(14)5-9(8)13/h3-5H,6H2,1-2H3,(H,15,16)(H,17,18). The van der Waals surface area contributed by atoms with Gasteiger partial charge in [0.1, 0.15) is 5.82 Å². The molecule has 6 heteroatoms. The van der Waals surface area contributed by atoms with Crippen LogP contribution in [-0.4, -0.2) is 23.5 Å². The second-order valence-electron chi connectivity index (χ2n) is 4.50. The van der Waals surface area contributed by atoms with Crippen molar-refractivity contribution in [2.75, 3.05) is 6.54 Å². The number of carboxylic acids is 1. The zero-order valence-electron chi connectivity index (χ0n) is 9.96. The minimum atomic E-state index is -1.05. The van der Waals surface area contributed by atoms with Crippen LogP contribution in [0.25, 0.3) is 0 Å². The molecule has 0 aliphatic rings. The summed E-state index contributed by atoms with van der Waals surface area (Å²) in [5.41, 5.74) is -0.792. The predicted molar refractivity (Wildman–Crippen MR) is 67.9 cm³/mol. The number of nitrogens with one attached hydrogen (secondary N) is 1. The highest BCUT2D eigenvalue weighted by Crippen LogP contribution is 2.19. The fraction of sp³-hybridized carbons (Fsp3) is 0.333. The predicted octanol–water partition coefficient (Wildman–Crippen LogP) is 2.43. The van der Waals surface area contributed by atoms with E-state index in [1.54, 1.807) is 0 Å². The van der Waals surface area contributed by atoms with E-state index in [4.69, 9.17) is 5.11 Å². The van der Waals surface area contributed by atoms with Crippen molar-refractivity contribution in [1.29, 1.82) is 0 Å². The number of carbonyl (C=O) groups is 2. The van der Waals surface area contributed by atoms with E-state index >= 15 is 0 Å². The lowest BCUT2D eigenvalue weighted by atomic mass is 9.94. The molecule has 0 aliphatic heterocycles. The molecule has 0 bridgehead atoms. The summed E-state index contributed by atoms with van der Waals surface area (Å²) in [6, 6.07) is 3.68. The van der Waals surface area contributed by atoms with Gasteiger partial charge in [-0.3, -0.25) is 9.59 Å². The van der Waals surface area contributed by atoms with Crippen molar-refractivity contribution in [2.24, 2.45) is 5.41 Å². The van der Waals surface area contributed by atoms with Gasteiger partial charge >= 0.3 is 5.97 Å². The van der Waals surface area contributed by atoms with Crippen molar-refractivity contribution in [2.45, 2.75) is 13.8 Å². The zero-order chi connectivity index (χ0) is 13.9. The highest BCUT2D eigenvalue weighted by atomic mass is 79.9. The van der Waals surface area contributed by atoms with Crippen molar-refractivity contribution in [3.05, 3.63) is 34.1 Å². The Labute approximate surface area is 112 Å². The maximum Gasteiger partial charge on any atom is 0.310 e. The Bertz CT molecular complexity index is 488. The first-order valence-electron chi connectivity index (χ1n) is 5.20. The average molecular weight is 318 g/mol. The first-order chi connectivity index (χ1) is 8.24. The summed E-state index contributed by atoms with van der Waals surface area (Å²) in [7, 11) is 0. The maximum atomic E-state index is 12.9. The molecule has 98 valence electrons. The Balaban J connectivity index is 2.75. The maximum absolute atomic E-state index is 12.9. The number of benzene rings is 1. The highest BCUT2D eigenvalue weighted by Gasteiger charge is 2.27. The largest absolute Gasteiger partial charge is 0.481 e. The minimum Gasteiger partial charge on any atom is -0.481 e. The topological polar surface area (TPSA) is 66.4 Å². The lowest BCUT2D eigenvalue weighted by Gasteiger charge is -2.19. The van der Waals surface area contributed by atoms with E-state index in [2.05, 4.69) is 21.2 Å². The third kappa shape index (κ3) is 3.53. The quantitative estimate of drug-likeness (QED) is 0.896. The molecule has 0 heterocycles. The van der Waals surface area contributed by atoms with Crippen LogP contribution in [0.2, 0.25) is 0 Å². The molecule has 0 aromatic heterocycles. The SMILES string of the molecule is CC(C)(CNC(=O)c1ccc(F)cc1Br)C(=O)O. The van der Waals surface area contributed by atoms with E-state index in [-0.39, 0.29) is 12.1 Å². The number of carboxylic acid groups (broad SMARTS) is 1. The monoisotopic (exact) mass is 317 g/mol. The first kappa shape index (κ1) is 14.6. The van der Waals surface area contributed by atoms with Crippen molar-refractivity contribution in [3.63, 3.8) is 0 Å². The average Bonchev–Trinajstić information content (AvgIpc) is 2.25. The van der Waals surface area contributed by atoms with Crippen molar-refractivity contribution in [3.8, 4) is 0 Å². The van der Waals surface area contributed by atoms with Crippen molar-refractivity contribution in [1.82, 2.24) is 5.32 Å². The molecule has 0 radical (unpaired) electrons. The lowest BCUT2D eigenvalue weighted by Crippen LogP contribution is -2.39. The van der Waals surface area contributed by atoms with Crippen LogP contribution >= 0.6 is 15.9 Å². The summed E-state index contributed by atoms with van der Waals surface area (Å²) in [6.07, 6.45) is 0. The first-order valence-corrected chi connectivity index (χ1v) is 6.00. The molecule has 0 spiro atoms. The van der Waals surface area contributed by atoms with Crippen LogP contribution < -0.4 is 5.32 Å². The van der Waals surface area contributed by atoms with Crippen LogP contribution in [0.15, 0.2) is 22.7 Å². The van der Waals surface area contributed by atoms with Gasteiger partial charge in [0.2, 0.25) is 0 Å². The van der Waals surface area contributed by atoms with Gasteiger partial charge in [-0.2, -0.15) is 0 Å². The normalized spacial score (nSPS) is 11.1. The van der Waals surface area contributed by atoms with Crippen LogP contribution in [0.3, 0.4) is 0 Å². The third-order valence-electron chi connectivity index (χ3n) is 2.45. The second-order valence-corrected chi connectivity index (χ2v) is 5.35. The molecule has 0 unspecified atom stereocenters. The van der Waals surface area contributed by atoms with Gasteiger partial charge in [0.25, 0.3) is 5.91 Å². The highest BCUT2D eigenvalue weighted by molar-refractivity contribution is 9.10. The summed E-state index contributed by atoms with van der Waals surface area (Å²) in [6.45, 7) is 3.01. The molecule has 0 atom stereocenters. The molecular formula is C12H13BrFNO3. The molecule has 1 aromatic rings. The van der Waals surface area contributed by atoms with E-state index < -0.39 is 23.1 Å². The number of carbonyl (C=O) groups excluding carboxylic acids is 1. The van der Waals surface area contributed by atoms with E-state index in [0.717, 1.165) is 0 Å². The van der Waals surface area contributed by atoms with Gasteiger partial charge in [0, 0.05) is 11.0 Å². The third-order valence-corrected chi connectivity index (χ3v) is 3.10. The van der Waals surface area contributed by atoms with Crippen LogP contribution in [0.1, 0.15) is 24.2 Å². The van der Waals surface area contributed by atoms with E-state index in [1.165, 1.54) is 32.0 Å². The van der Waals surface area contributed by atoms with Crippen LogP contribution in [0.4, 0.5) is 4.39 Å². The van der Waals surface area contributed by atoms with Gasteiger partial charge < -0.3 is 10.4 Å². The summed E-state index contributed by atoms with van der Waals surface area (Å²) in [4.78, 5) is 22.7. The van der Waals surface area contributed by atoms with Gasteiger partial charge in [-0.15, -0.1) is 0 Å². The Morgan fingerprint density at radius 3 is 2.56 bits per heavy atom.